The Labute approximate surface area is 162 Å². The molecule has 2 aromatic rings. The molecule has 1 aliphatic heterocycles. The lowest BCUT2D eigenvalue weighted by Gasteiger charge is -2.35. The Bertz CT molecular complexity index is 926. The molecule has 1 aromatic carbocycles. The Kier molecular flexibility index (Phi) is 5.61. The number of halogens is 6. The van der Waals surface area contributed by atoms with Crippen LogP contribution in [0.5, 0.6) is 0 Å². The average molecular weight is 420 g/mol. The molecule has 11 heteroatoms. The molecule has 3 rings (SSSR count). The van der Waals surface area contributed by atoms with E-state index in [1.165, 1.54) is 4.90 Å². The van der Waals surface area contributed by atoms with Crippen LogP contribution in [0.4, 0.5) is 26.3 Å². The van der Waals surface area contributed by atoms with E-state index < -0.39 is 47.4 Å². The van der Waals surface area contributed by atoms with Crippen LogP contribution >= 0.6 is 0 Å². The van der Waals surface area contributed by atoms with E-state index in [1.807, 2.05) is 0 Å². The van der Waals surface area contributed by atoms with Crippen LogP contribution in [-0.4, -0.2) is 32.9 Å². The number of amides is 1. The highest BCUT2D eigenvalue weighted by atomic mass is 19.4. The van der Waals surface area contributed by atoms with Gasteiger partial charge in [0.25, 0.3) is 0 Å². The molecule has 1 unspecified atom stereocenters. The van der Waals surface area contributed by atoms with Gasteiger partial charge in [-0.15, -0.1) is 0 Å². The number of nitrogens with zero attached hydrogens (tertiary/aromatic N) is 3. The highest BCUT2D eigenvalue weighted by molar-refractivity contribution is 5.77. The van der Waals surface area contributed by atoms with Gasteiger partial charge >= 0.3 is 6.18 Å². The maximum absolute atomic E-state index is 13.7. The first-order valence-electron chi connectivity index (χ1n) is 8.80. The number of benzene rings is 1. The van der Waals surface area contributed by atoms with Crippen molar-refractivity contribution >= 4 is 5.91 Å². The molecule has 1 amide bonds. The van der Waals surface area contributed by atoms with Crippen LogP contribution in [0.2, 0.25) is 0 Å². The van der Waals surface area contributed by atoms with Crippen molar-refractivity contribution in [1.82, 2.24) is 14.5 Å². The molecule has 0 bridgehead atoms. The minimum atomic E-state index is -4.60. The van der Waals surface area contributed by atoms with Gasteiger partial charge in [0, 0.05) is 31.6 Å². The van der Waals surface area contributed by atoms with E-state index in [9.17, 15) is 31.1 Å². The summed E-state index contributed by atoms with van der Waals surface area (Å²) in [6, 6.07) is -0.445. The van der Waals surface area contributed by atoms with Crippen molar-refractivity contribution in [2.24, 2.45) is 5.73 Å². The van der Waals surface area contributed by atoms with Crippen LogP contribution in [0, 0.1) is 17.5 Å². The van der Waals surface area contributed by atoms with Crippen molar-refractivity contribution in [2.75, 3.05) is 6.54 Å². The predicted octanol–water partition coefficient (Wildman–Crippen LogP) is 3.18. The summed E-state index contributed by atoms with van der Waals surface area (Å²) in [5.41, 5.74) is 5.96. The van der Waals surface area contributed by atoms with Crippen molar-refractivity contribution in [1.29, 1.82) is 0 Å². The Morgan fingerprint density at radius 3 is 2.52 bits per heavy atom. The maximum Gasteiger partial charge on any atom is 0.449 e. The number of nitrogens with two attached hydrogens (primary N) is 1. The van der Waals surface area contributed by atoms with Gasteiger partial charge in [0.2, 0.25) is 11.7 Å². The fourth-order valence-electron chi connectivity index (χ4n) is 3.50. The second kappa shape index (κ2) is 7.69. The molecule has 1 aliphatic rings. The van der Waals surface area contributed by atoms with Gasteiger partial charge in [0.1, 0.15) is 5.82 Å². The summed E-state index contributed by atoms with van der Waals surface area (Å²) in [6.07, 6.45) is -3.94. The van der Waals surface area contributed by atoms with Crippen molar-refractivity contribution in [3.05, 3.63) is 52.9 Å². The van der Waals surface area contributed by atoms with Crippen LogP contribution in [0.3, 0.4) is 0 Å². The van der Waals surface area contributed by atoms with E-state index in [2.05, 4.69) is 4.98 Å². The largest absolute Gasteiger partial charge is 0.449 e. The lowest BCUT2D eigenvalue weighted by molar-refractivity contribution is -0.148. The number of fused-ring (bicyclic) bond motifs is 1. The topological polar surface area (TPSA) is 64.2 Å². The van der Waals surface area contributed by atoms with E-state index in [4.69, 9.17) is 5.73 Å². The Morgan fingerprint density at radius 1 is 1.21 bits per heavy atom. The Balaban J connectivity index is 1.68. The van der Waals surface area contributed by atoms with E-state index in [0.717, 1.165) is 10.8 Å². The molecule has 0 aliphatic carbocycles. The van der Waals surface area contributed by atoms with Gasteiger partial charge in [-0.2, -0.15) is 13.2 Å². The van der Waals surface area contributed by atoms with Crippen molar-refractivity contribution in [3.8, 4) is 0 Å². The SMILES string of the molecule is CC1c2cnc(C(F)(F)F)n2CCN1C(=O)C[C@H](N)Cc1cc(F)c(F)cc1F. The molecule has 29 heavy (non-hydrogen) atoms. The van der Waals surface area contributed by atoms with Crippen LogP contribution in [0.25, 0.3) is 0 Å². The van der Waals surface area contributed by atoms with E-state index in [0.29, 0.717) is 12.1 Å². The summed E-state index contributed by atoms with van der Waals surface area (Å²) in [5.74, 6) is -4.97. The number of imidazole rings is 1. The van der Waals surface area contributed by atoms with Gasteiger partial charge in [0.15, 0.2) is 11.6 Å². The minimum absolute atomic E-state index is 0.0265. The van der Waals surface area contributed by atoms with Gasteiger partial charge in [0.05, 0.1) is 17.9 Å². The van der Waals surface area contributed by atoms with Crippen LogP contribution < -0.4 is 5.73 Å². The van der Waals surface area contributed by atoms with Gasteiger partial charge in [-0.1, -0.05) is 0 Å². The van der Waals surface area contributed by atoms with Gasteiger partial charge in [-0.05, 0) is 25.0 Å². The molecule has 2 heterocycles. The van der Waals surface area contributed by atoms with E-state index in [-0.39, 0.29) is 37.2 Å². The smallest absolute Gasteiger partial charge is 0.333 e. The number of carbonyl (C=O) groups excluding carboxylic acids is 1. The zero-order chi connectivity index (χ0) is 21.5. The standard InChI is InChI=1S/C18H18F6N4O/c1-9-15-8-26-17(18(22,23)24)28(15)3-2-27(9)16(29)6-11(25)4-10-5-13(20)14(21)7-12(10)19/h5,7-9,11H,2-4,6,25H2,1H3/t9?,11-/m1/s1. The summed E-state index contributed by atoms with van der Waals surface area (Å²) in [6.45, 7) is 1.53. The number of rotatable bonds is 4. The molecular weight excluding hydrogens is 402 g/mol. The van der Waals surface area contributed by atoms with Crippen LogP contribution in [-0.2, 0) is 23.9 Å². The highest BCUT2D eigenvalue weighted by Gasteiger charge is 2.40. The summed E-state index contributed by atoms with van der Waals surface area (Å²) in [4.78, 5) is 17.4. The number of carbonyl (C=O) groups is 1. The number of aromatic nitrogens is 2. The lowest BCUT2D eigenvalue weighted by atomic mass is 10.0. The average Bonchev–Trinajstić information content (AvgIpc) is 3.05. The molecule has 0 fully saturated rings. The van der Waals surface area contributed by atoms with E-state index >= 15 is 0 Å². The molecule has 2 atom stereocenters. The van der Waals surface area contributed by atoms with Crippen molar-refractivity contribution < 1.29 is 31.1 Å². The molecule has 1 aromatic heterocycles. The van der Waals surface area contributed by atoms with Gasteiger partial charge in [-0.3, -0.25) is 4.79 Å². The number of hydrogen-bond acceptors (Lipinski definition) is 3. The molecule has 5 nitrogen and oxygen atoms in total. The first kappa shape index (κ1) is 21.2. The normalized spacial score (nSPS) is 17.9. The molecule has 158 valence electrons. The zero-order valence-electron chi connectivity index (χ0n) is 15.3. The third kappa shape index (κ3) is 4.24. The first-order chi connectivity index (χ1) is 13.5. The van der Waals surface area contributed by atoms with Crippen molar-refractivity contribution in [2.45, 2.75) is 44.6 Å². The number of hydrogen-bond donors (Lipinski definition) is 1. The summed E-state index contributed by atoms with van der Waals surface area (Å²) < 4.78 is 80.1. The maximum atomic E-state index is 13.7. The first-order valence-corrected chi connectivity index (χ1v) is 8.80. The third-order valence-electron chi connectivity index (χ3n) is 4.93. The van der Waals surface area contributed by atoms with E-state index in [1.54, 1.807) is 6.92 Å². The quantitative estimate of drug-likeness (QED) is 0.611. The third-order valence-corrected chi connectivity index (χ3v) is 4.93. The predicted molar refractivity (Wildman–Crippen MR) is 90.0 cm³/mol. The highest BCUT2D eigenvalue weighted by Crippen LogP contribution is 2.34. The molecule has 0 saturated carbocycles. The lowest BCUT2D eigenvalue weighted by Crippen LogP contribution is -2.43. The fourth-order valence-corrected chi connectivity index (χ4v) is 3.50. The summed E-state index contributed by atoms with van der Waals surface area (Å²) in [5, 5.41) is 0. The molecule has 0 radical (unpaired) electrons. The minimum Gasteiger partial charge on any atom is -0.333 e. The Morgan fingerprint density at radius 2 is 1.86 bits per heavy atom. The van der Waals surface area contributed by atoms with Crippen LogP contribution in [0.1, 0.15) is 36.5 Å². The molecule has 0 spiro atoms. The second-order valence-corrected chi connectivity index (χ2v) is 6.95. The number of alkyl halides is 3. The summed E-state index contributed by atoms with van der Waals surface area (Å²) in [7, 11) is 0. The summed E-state index contributed by atoms with van der Waals surface area (Å²) >= 11 is 0. The molecular formula is C18H18F6N4O. The molecule has 2 N–H and O–H groups in total. The van der Waals surface area contributed by atoms with Gasteiger partial charge in [-0.25, -0.2) is 18.2 Å². The van der Waals surface area contributed by atoms with Gasteiger partial charge < -0.3 is 15.2 Å². The monoisotopic (exact) mass is 420 g/mol. The fraction of sp³-hybridized carbons (Fsp3) is 0.444. The Hall–Kier alpha value is -2.56. The second-order valence-electron chi connectivity index (χ2n) is 6.95. The molecule has 0 saturated heterocycles. The zero-order valence-corrected chi connectivity index (χ0v) is 15.3. The van der Waals surface area contributed by atoms with Crippen LogP contribution in [0.15, 0.2) is 18.3 Å². The van der Waals surface area contributed by atoms with Crippen molar-refractivity contribution in [3.63, 3.8) is 0 Å².